The maximum absolute atomic E-state index is 12.7. The highest BCUT2D eigenvalue weighted by Crippen LogP contribution is 2.28. The third-order valence-electron chi connectivity index (χ3n) is 3.93. The van der Waals surface area contributed by atoms with Crippen LogP contribution < -0.4 is 5.32 Å². The van der Waals surface area contributed by atoms with E-state index in [1.165, 1.54) is 4.88 Å². The van der Waals surface area contributed by atoms with Crippen molar-refractivity contribution >= 4 is 34.7 Å². The van der Waals surface area contributed by atoms with Crippen LogP contribution in [0.5, 0.6) is 0 Å². The number of amides is 1. The van der Waals surface area contributed by atoms with Gasteiger partial charge in [-0.3, -0.25) is 4.79 Å². The van der Waals surface area contributed by atoms with Crippen LogP contribution in [0.2, 0.25) is 0 Å². The molecule has 0 bridgehead atoms. The van der Waals surface area contributed by atoms with E-state index in [9.17, 15) is 4.79 Å². The van der Waals surface area contributed by atoms with Gasteiger partial charge in [-0.2, -0.15) is 0 Å². The van der Waals surface area contributed by atoms with Crippen molar-refractivity contribution in [1.82, 2.24) is 14.7 Å². The number of hydrogen-bond donors (Lipinski definition) is 1. The zero-order chi connectivity index (χ0) is 17.8. The summed E-state index contributed by atoms with van der Waals surface area (Å²) in [5.41, 5.74) is 2.43. The zero-order valence-electron chi connectivity index (χ0n) is 14.0. The van der Waals surface area contributed by atoms with Crippen LogP contribution in [0.3, 0.4) is 0 Å². The summed E-state index contributed by atoms with van der Waals surface area (Å²) >= 11 is 3.42. The number of hydrogen-bond acceptors (Lipinski definition) is 4. The summed E-state index contributed by atoms with van der Waals surface area (Å²) in [4.78, 5) is 19.5. The lowest BCUT2D eigenvalue weighted by atomic mass is 10.2. The molecule has 6 heteroatoms. The molecule has 0 radical (unpaired) electrons. The summed E-state index contributed by atoms with van der Waals surface area (Å²) in [7, 11) is 0. The Morgan fingerprint density at radius 3 is 2.85 bits per heavy atom. The molecule has 26 heavy (non-hydrogen) atoms. The third-order valence-corrected chi connectivity index (χ3v) is 6.11. The fraction of sp³-hybridized carbons (Fsp3) is 0.100. The van der Waals surface area contributed by atoms with Crippen molar-refractivity contribution in [2.75, 3.05) is 0 Å². The molecule has 4 aromatic rings. The zero-order valence-corrected chi connectivity index (χ0v) is 15.6. The van der Waals surface area contributed by atoms with E-state index in [1.807, 2.05) is 65.3 Å². The number of pyridine rings is 1. The summed E-state index contributed by atoms with van der Waals surface area (Å²) in [6, 6.07) is 17.8. The Labute approximate surface area is 159 Å². The van der Waals surface area contributed by atoms with E-state index >= 15 is 0 Å². The van der Waals surface area contributed by atoms with Gasteiger partial charge in [0.1, 0.15) is 5.65 Å². The Hall–Kier alpha value is -2.57. The van der Waals surface area contributed by atoms with Crippen LogP contribution in [-0.4, -0.2) is 15.3 Å². The fourth-order valence-electron chi connectivity index (χ4n) is 2.66. The summed E-state index contributed by atoms with van der Waals surface area (Å²) in [6.45, 7) is 0.407. The molecule has 0 fully saturated rings. The van der Waals surface area contributed by atoms with E-state index in [0.717, 1.165) is 22.0 Å². The molecule has 0 saturated carbocycles. The molecule has 130 valence electrons. The van der Waals surface area contributed by atoms with Crippen LogP contribution in [0.15, 0.2) is 77.3 Å². The van der Waals surface area contributed by atoms with Crippen LogP contribution in [0, 0.1) is 0 Å². The lowest BCUT2D eigenvalue weighted by Crippen LogP contribution is -2.23. The second kappa shape index (κ2) is 7.76. The molecule has 0 unspecified atom stereocenters. The number of nitrogens with one attached hydrogen (secondary N) is 1. The Bertz CT molecular complexity index is 991. The molecule has 0 saturated heterocycles. The smallest absolute Gasteiger partial charge is 0.252 e. The van der Waals surface area contributed by atoms with E-state index < -0.39 is 0 Å². The first-order chi connectivity index (χ1) is 12.8. The number of carbonyl (C=O) groups is 1. The van der Waals surface area contributed by atoms with Gasteiger partial charge in [-0.05, 0) is 35.7 Å². The van der Waals surface area contributed by atoms with Crippen molar-refractivity contribution in [3.05, 3.63) is 88.5 Å². The van der Waals surface area contributed by atoms with Crippen LogP contribution in [0.25, 0.3) is 5.65 Å². The number of nitrogens with zero attached hydrogens (tertiary/aromatic N) is 2. The standard InChI is InChI=1S/C20H17N3OS2/c24-20(21-12-15-13-23-10-4-3-9-19(23)22-15)17-7-1-2-8-18(17)26-14-16-6-5-11-25-16/h1-11,13H,12,14H2,(H,21,24). The first kappa shape index (κ1) is 16.9. The first-order valence-corrected chi connectivity index (χ1v) is 10.1. The van der Waals surface area contributed by atoms with E-state index in [-0.39, 0.29) is 5.91 Å². The largest absolute Gasteiger partial charge is 0.346 e. The molecule has 1 amide bonds. The number of fused-ring (bicyclic) bond motifs is 1. The SMILES string of the molecule is O=C(NCc1cn2ccccc2n1)c1ccccc1SCc1cccs1. The maximum Gasteiger partial charge on any atom is 0.252 e. The van der Waals surface area contributed by atoms with Gasteiger partial charge in [-0.1, -0.05) is 24.3 Å². The summed E-state index contributed by atoms with van der Waals surface area (Å²) in [5.74, 6) is 0.797. The Morgan fingerprint density at radius 1 is 1.12 bits per heavy atom. The molecule has 0 aliphatic heterocycles. The highest BCUT2D eigenvalue weighted by molar-refractivity contribution is 7.98. The average Bonchev–Trinajstić information content (AvgIpc) is 3.33. The molecule has 1 aromatic carbocycles. The monoisotopic (exact) mass is 379 g/mol. The van der Waals surface area contributed by atoms with Gasteiger partial charge in [0.2, 0.25) is 0 Å². The molecule has 0 atom stereocenters. The first-order valence-electron chi connectivity index (χ1n) is 8.24. The Morgan fingerprint density at radius 2 is 2.00 bits per heavy atom. The second-order valence-corrected chi connectivity index (χ2v) is 7.79. The van der Waals surface area contributed by atoms with Crippen molar-refractivity contribution in [2.45, 2.75) is 17.2 Å². The Kier molecular flexibility index (Phi) is 5.04. The topological polar surface area (TPSA) is 46.4 Å². The number of benzene rings is 1. The predicted octanol–water partition coefficient (Wildman–Crippen LogP) is 4.62. The van der Waals surface area contributed by atoms with Crippen molar-refractivity contribution in [3.8, 4) is 0 Å². The van der Waals surface area contributed by atoms with Crippen molar-refractivity contribution in [1.29, 1.82) is 0 Å². The number of aromatic nitrogens is 2. The minimum Gasteiger partial charge on any atom is -0.346 e. The number of rotatable bonds is 6. The average molecular weight is 380 g/mol. The summed E-state index contributed by atoms with van der Waals surface area (Å²) in [5, 5.41) is 5.06. The van der Waals surface area contributed by atoms with E-state index in [2.05, 4.69) is 21.7 Å². The lowest BCUT2D eigenvalue weighted by Gasteiger charge is -2.09. The highest BCUT2D eigenvalue weighted by Gasteiger charge is 2.12. The summed E-state index contributed by atoms with van der Waals surface area (Å²) < 4.78 is 1.95. The fourth-order valence-corrected chi connectivity index (χ4v) is 4.49. The molecule has 0 spiro atoms. The van der Waals surface area contributed by atoms with Crippen LogP contribution in [0.4, 0.5) is 0 Å². The number of thioether (sulfide) groups is 1. The molecular formula is C20H17N3OS2. The van der Waals surface area contributed by atoms with Gasteiger partial charge in [0.05, 0.1) is 17.8 Å². The van der Waals surface area contributed by atoms with Gasteiger partial charge in [0.15, 0.2) is 0 Å². The predicted molar refractivity (Wildman–Crippen MR) is 107 cm³/mol. The molecule has 3 aromatic heterocycles. The van der Waals surface area contributed by atoms with Crippen molar-refractivity contribution in [2.24, 2.45) is 0 Å². The third kappa shape index (κ3) is 3.81. The molecule has 4 nitrogen and oxygen atoms in total. The van der Waals surface area contributed by atoms with Crippen LogP contribution >= 0.6 is 23.1 Å². The van der Waals surface area contributed by atoms with Gasteiger partial charge in [0, 0.05) is 27.9 Å². The van der Waals surface area contributed by atoms with Gasteiger partial charge in [0.25, 0.3) is 5.91 Å². The quantitative estimate of drug-likeness (QED) is 0.497. The number of imidazole rings is 1. The highest BCUT2D eigenvalue weighted by atomic mass is 32.2. The molecular weight excluding hydrogens is 362 g/mol. The minimum atomic E-state index is -0.0728. The molecule has 0 aliphatic carbocycles. The van der Waals surface area contributed by atoms with Crippen molar-refractivity contribution < 1.29 is 4.79 Å². The van der Waals surface area contributed by atoms with E-state index in [0.29, 0.717) is 12.1 Å². The van der Waals surface area contributed by atoms with Crippen molar-refractivity contribution in [3.63, 3.8) is 0 Å². The molecule has 0 aliphatic rings. The second-order valence-electron chi connectivity index (χ2n) is 5.75. The summed E-state index contributed by atoms with van der Waals surface area (Å²) in [6.07, 6.45) is 3.89. The van der Waals surface area contributed by atoms with Gasteiger partial charge in [-0.25, -0.2) is 4.98 Å². The molecule has 4 rings (SSSR count). The lowest BCUT2D eigenvalue weighted by molar-refractivity contribution is 0.0947. The van der Waals surface area contributed by atoms with Crippen LogP contribution in [0.1, 0.15) is 20.9 Å². The number of carbonyl (C=O) groups excluding carboxylic acids is 1. The van der Waals surface area contributed by atoms with E-state index in [1.54, 1.807) is 23.1 Å². The molecule has 1 N–H and O–H groups in total. The maximum atomic E-state index is 12.7. The minimum absolute atomic E-state index is 0.0728. The van der Waals surface area contributed by atoms with Gasteiger partial charge >= 0.3 is 0 Å². The number of thiophene rings is 1. The van der Waals surface area contributed by atoms with Crippen LogP contribution in [-0.2, 0) is 12.3 Å². The van der Waals surface area contributed by atoms with E-state index in [4.69, 9.17) is 0 Å². The molecule has 3 heterocycles. The van der Waals surface area contributed by atoms with Gasteiger partial charge < -0.3 is 9.72 Å². The van der Waals surface area contributed by atoms with Gasteiger partial charge in [-0.15, -0.1) is 23.1 Å². The normalized spacial score (nSPS) is 10.9. The Balaban J connectivity index is 1.44.